The molecule has 0 bridgehead atoms. The predicted molar refractivity (Wildman–Crippen MR) is 89.5 cm³/mol. The van der Waals surface area contributed by atoms with E-state index in [1.165, 1.54) is 13.3 Å². The third-order valence-corrected chi connectivity index (χ3v) is 3.75. The Morgan fingerprint density at radius 3 is 2.71 bits per heavy atom. The Balaban J connectivity index is 2.12. The SMILES string of the molecule is CCC(=O)CC[C@@H](NC(=O)c1cnc2ccccc2c1)C(=O)OC. The molecule has 2 rings (SSSR count). The summed E-state index contributed by atoms with van der Waals surface area (Å²) in [6.07, 6.45) is 2.29. The van der Waals surface area contributed by atoms with Crippen LogP contribution in [0.15, 0.2) is 36.5 Å². The third kappa shape index (κ3) is 4.38. The van der Waals surface area contributed by atoms with Crippen LogP contribution in [0, 0.1) is 0 Å². The van der Waals surface area contributed by atoms with Crippen molar-refractivity contribution in [3.05, 3.63) is 42.1 Å². The Morgan fingerprint density at radius 1 is 1.25 bits per heavy atom. The highest BCUT2D eigenvalue weighted by atomic mass is 16.5. The number of ketones is 1. The van der Waals surface area contributed by atoms with Crippen molar-refractivity contribution in [2.24, 2.45) is 0 Å². The van der Waals surface area contributed by atoms with E-state index in [1.807, 2.05) is 24.3 Å². The molecule has 24 heavy (non-hydrogen) atoms. The van der Waals surface area contributed by atoms with E-state index in [0.29, 0.717) is 12.0 Å². The summed E-state index contributed by atoms with van der Waals surface area (Å²) in [5, 5.41) is 3.46. The number of methoxy groups -OCH3 is 1. The molecular formula is C18H20N2O4. The molecule has 0 aliphatic carbocycles. The second-order valence-corrected chi connectivity index (χ2v) is 5.40. The van der Waals surface area contributed by atoms with Gasteiger partial charge in [-0.15, -0.1) is 0 Å². The minimum atomic E-state index is -0.857. The number of ether oxygens (including phenoxy) is 1. The minimum Gasteiger partial charge on any atom is -0.467 e. The number of carbonyl (C=O) groups excluding carboxylic acids is 3. The summed E-state index contributed by atoms with van der Waals surface area (Å²) in [5.41, 5.74) is 1.14. The first-order chi connectivity index (χ1) is 11.5. The van der Waals surface area contributed by atoms with Gasteiger partial charge in [0.15, 0.2) is 0 Å². The number of Topliss-reactive ketones (excluding diaryl/α,β-unsaturated/α-hetero) is 1. The third-order valence-electron chi connectivity index (χ3n) is 3.75. The molecule has 0 radical (unpaired) electrons. The summed E-state index contributed by atoms with van der Waals surface area (Å²) in [6, 6.07) is 8.29. The van der Waals surface area contributed by atoms with E-state index in [-0.39, 0.29) is 18.6 Å². The molecule has 0 saturated heterocycles. The second kappa shape index (κ2) is 8.19. The molecular weight excluding hydrogens is 308 g/mol. The van der Waals surface area contributed by atoms with Gasteiger partial charge in [0.25, 0.3) is 5.91 Å². The quantitative estimate of drug-likeness (QED) is 0.788. The lowest BCUT2D eigenvalue weighted by atomic mass is 10.1. The summed E-state index contributed by atoms with van der Waals surface area (Å²) >= 11 is 0. The number of aromatic nitrogens is 1. The van der Waals surface area contributed by atoms with Crippen LogP contribution in [-0.4, -0.2) is 35.8 Å². The molecule has 0 aliphatic heterocycles. The van der Waals surface area contributed by atoms with Crippen molar-refractivity contribution in [3.8, 4) is 0 Å². The maximum absolute atomic E-state index is 12.4. The molecule has 1 aromatic heterocycles. The molecule has 6 nitrogen and oxygen atoms in total. The summed E-state index contributed by atoms with van der Waals surface area (Å²) in [7, 11) is 1.25. The van der Waals surface area contributed by atoms with E-state index in [0.717, 1.165) is 10.9 Å². The number of fused-ring (bicyclic) bond motifs is 1. The predicted octanol–water partition coefficient (Wildman–Crippen LogP) is 2.27. The zero-order chi connectivity index (χ0) is 17.5. The van der Waals surface area contributed by atoms with Gasteiger partial charge < -0.3 is 10.1 Å². The summed E-state index contributed by atoms with van der Waals surface area (Å²) in [6.45, 7) is 1.76. The van der Waals surface area contributed by atoms with Crippen LogP contribution in [0.3, 0.4) is 0 Å². The maximum atomic E-state index is 12.4. The maximum Gasteiger partial charge on any atom is 0.328 e. The lowest BCUT2D eigenvalue weighted by Crippen LogP contribution is -2.41. The standard InChI is InChI=1S/C18H20N2O4/c1-3-14(21)8-9-16(18(23)24-2)20-17(22)13-10-12-6-4-5-7-15(12)19-11-13/h4-7,10-11,16H,3,8-9H2,1-2H3,(H,20,22)/t16-/m1/s1. The van der Waals surface area contributed by atoms with Crippen LogP contribution < -0.4 is 5.32 Å². The van der Waals surface area contributed by atoms with E-state index < -0.39 is 17.9 Å². The van der Waals surface area contributed by atoms with E-state index >= 15 is 0 Å². The summed E-state index contributed by atoms with van der Waals surface area (Å²) < 4.78 is 4.70. The number of para-hydroxylation sites is 1. The molecule has 6 heteroatoms. The molecule has 1 aromatic carbocycles. The first kappa shape index (κ1) is 17.6. The van der Waals surface area contributed by atoms with Gasteiger partial charge in [-0.3, -0.25) is 14.6 Å². The normalized spacial score (nSPS) is 11.8. The molecule has 0 unspecified atom stereocenters. The lowest BCUT2D eigenvalue weighted by Gasteiger charge is -2.16. The van der Waals surface area contributed by atoms with Crippen molar-refractivity contribution in [1.29, 1.82) is 0 Å². The molecule has 1 atom stereocenters. The Morgan fingerprint density at radius 2 is 2.00 bits per heavy atom. The fourth-order valence-corrected chi connectivity index (χ4v) is 2.31. The largest absolute Gasteiger partial charge is 0.467 e. The van der Waals surface area contributed by atoms with Gasteiger partial charge in [-0.1, -0.05) is 25.1 Å². The average molecular weight is 328 g/mol. The number of carbonyl (C=O) groups is 3. The van der Waals surface area contributed by atoms with Crippen LogP contribution in [0.5, 0.6) is 0 Å². The molecule has 0 aliphatic rings. The zero-order valence-electron chi connectivity index (χ0n) is 13.7. The Bertz CT molecular complexity index is 758. The van der Waals surface area contributed by atoms with Crippen molar-refractivity contribution in [1.82, 2.24) is 10.3 Å². The molecule has 0 spiro atoms. The monoisotopic (exact) mass is 328 g/mol. The number of pyridine rings is 1. The van der Waals surface area contributed by atoms with Gasteiger partial charge in [-0.05, 0) is 18.6 Å². The van der Waals surface area contributed by atoms with E-state index in [4.69, 9.17) is 4.74 Å². The van der Waals surface area contributed by atoms with Gasteiger partial charge in [0.05, 0.1) is 18.2 Å². The number of esters is 1. The number of rotatable bonds is 7. The molecule has 0 fully saturated rings. The van der Waals surface area contributed by atoms with Crippen LogP contribution in [-0.2, 0) is 14.3 Å². The number of hydrogen-bond donors (Lipinski definition) is 1. The highest BCUT2D eigenvalue weighted by molar-refractivity contribution is 5.99. The molecule has 1 N–H and O–H groups in total. The van der Waals surface area contributed by atoms with Crippen LogP contribution in [0.1, 0.15) is 36.5 Å². The number of nitrogens with one attached hydrogen (secondary N) is 1. The molecule has 2 aromatic rings. The van der Waals surface area contributed by atoms with Crippen molar-refractivity contribution in [2.75, 3.05) is 7.11 Å². The molecule has 126 valence electrons. The van der Waals surface area contributed by atoms with Crippen molar-refractivity contribution >= 4 is 28.6 Å². The average Bonchev–Trinajstić information content (AvgIpc) is 2.63. The highest BCUT2D eigenvalue weighted by Gasteiger charge is 2.23. The smallest absolute Gasteiger partial charge is 0.328 e. The minimum absolute atomic E-state index is 0.0329. The topological polar surface area (TPSA) is 85.4 Å². The van der Waals surface area contributed by atoms with Crippen molar-refractivity contribution < 1.29 is 19.1 Å². The lowest BCUT2D eigenvalue weighted by molar-refractivity contribution is -0.143. The molecule has 1 amide bonds. The van der Waals surface area contributed by atoms with Crippen LogP contribution >= 0.6 is 0 Å². The Kier molecular flexibility index (Phi) is 6.01. The van der Waals surface area contributed by atoms with Gasteiger partial charge in [0.2, 0.25) is 0 Å². The Hall–Kier alpha value is -2.76. The number of hydrogen-bond acceptors (Lipinski definition) is 5. The highest BCUT2D eigenvalue weighted by Crippen LogP contribution is 2.13. The van der Waals surface area contributed by atoms with Crippen LogP contribution in [0.2, 0.25) is 0 Å². The van der Waals surface area contributed by atoms with Crippen LogP contribution in [0.25, 0.3) is 10.9 Å². The summed E-state index contributed by atoms with van der Waals surface area (Å²) in [4.78, 5) is 39.9. The first-order valence-corrected chi connectivity index (χ1v) is 7.80. The van der Waals surface area contributed by atoms with Gasteiger partial charge in [-0.2, -0.15) is 0 Å². The van der Waals surface area contributed by atoms with Gasteiger partial charge in [0, 0.05) is 24.4 Å². The number of amides is 1. The zero-order valence-corrected chi connectivity index (χ0v) is 13.7. The van der Waals surface area contributed by atoms with Gasteiger partial charge in [-0.25, -0.2) is 4.79 Å². The number of benzene rings is 1. The van der Waals surface area contributed by atoms with E-state index in [9.17, 15) is 14.4 Å². The van der Waals surface area contributed by atoms with Crippen LogP contribution in [0.4, 0.5) is 0 Å². The van der Waals surface area contributed by atoms with Crippen molar-refractivity contribution in [2.45, 2.75) is 32.2 Å². The summed E-state index contributed by atoms with van der Waals surface area (Å²) in [5.74, 6) is -0.959. The second-order valence-electron chi connectivity index (χ2n) is 5.40. The number of nitrogens with zero attached hydrogens (tertiary/aromatic N) is 1. The van der Waals surface area contributed by atoms with Crippen molar-refractivity contribution in [3.63, 3.8) is 0 Å². The fraction of sp³-hybridized carbons (Fsp3) is 0.333. The van der Waals surface area contributed by atoms with E-state index in [2.05, 4.69) is 10.3 Å². The fourth-order valence-electron chi connectivity index (χ4n) is 2.31. The molecule has 1 heterocycles. The first-order valence-electron chi connectivity index (χ1n) is 7.80. The van der Waals surface area contributed by atoms with Gasteiger partial charge in [0.1, 0.15) is 11.8 Å². The molecule has 0 saturated carbocycles. The van der Waals surface area contributed by atoms with Gasteiger partial charge >= 0.3 is 5.97 Å². The van der Waals surface area contributed by atoms with E-state index in [1.54, 1.807) is 13.0 Å². The Labute approximate surface area is 140 Å².